The lowest BCUT2D eigenvalue weighted by Crippen LogP contribution is -2.31. The van der Waals surface area contributed by atoms with Crippen molar-refractivity contribution in [3.8, 4) is 0 Å². The van der Waals surface area contributed by atoms with Crippen LogP contribution in [0, 0.1) is 5.82 Å². The molecule has 0 aliphatic rings. The highest BCUT2D eigenvalue weighted by Gasteiger charge is 2.16. The van der Waals surface area contributed by atoms with E-state index in [-0.39, 0.29) is 31.0 Å². The van der Waals surface area contributed by atoms with Gasteiger partial charge in [0.15, 0.2) is 0 Å². The molecule has 0 unspecified atom stereocenters. The average Bonchev–Trinajstić information content (AvgIpc) is 3.29. The van der Waals surface area contributed by atoms with Crippen LogP contribution in [0.1, 0.15) is 30.9 Å². The summed E-state index contributed by atoms with van der Waals surface area (Å²) in [6.45, 7) is 1.98. The Bertz CT molecular complexity index is 1090. The molecule has 4 rings (SSSR count). The van der Waals surface area contributed by atoms with E-state index in [9.17, 15) is 9.18 Å². The van der Waals surface area contributed by atoms with Crippen molar-refractivity contribution in [2.45, 2.75) is 26.0 Å². The third kappa shape index (κ3) is 3.84. The highest BCUT2D eigenvalue weighted by molar-refractivity contribution is 5.77. The van der Waals surface area contributed by atoms with Crippen LogP contribution in [-0.2, 0) is 16.1 Å². The van der Waals surface area contributed by atoms with Crippen LogP contribution in [0.5, 0.6) is 0 Å². The number of aromatic nitrogens is 5. The van der Waals surface area contributed by atoms with Crippen molar-refractivity contribution in [2.24, 2.45) is 0 Å². The molecule has 0 spiro atoms. The van der Waals surface area contributed by atoms with Crippen molar-refractivity contribution in [2.75, 3.05) is 6.61 Å². The van der Waals surface area contributed by atoms with E-state index in [2.05, 4.69) is 25.3 Å². The van der Waals surface area contributed by atoms with E-state index in [0.29, 0.717) is 29.1 Å². The number of aromatic amines is 1. The summed E-state index contributed by atoms with van der Waals surface area (Å²) in [5.74, 6) is 0.532. The minimum atomic E-state index is -0.337. The number of imidazole rings is 2. The normalized spacial score (nSPS) is 12.5. The van der Waals surface area contributed by atoms with Crippen LogP contribution in [0.2, 0.25) is 0 Å². The number of fused-ring (bicyclic) bond motifs is 2. The Morgan fingerprint density at radius 1 is 1.39 bits per heavy atom. The quantitative estimate of drug-likeness (QED) is 0.512. The third-order valence-electron chi connectivity index (χ3n) is 4.32. The van der Waals surface area contributed by atoms with Gasteiger partial charge in [-0.2, -0.15) is 0 Å². The first-order valence-electron chi connectivity index (χ1n) is 8.93. The van der Waals surface area contributed by atoms with Gasteiger partial charge in [0.25, 0.3) is 0 Å². The van der Waals surface area contributed by atoms with Gasteiger partial charge in [-0.3, -0.25) is 9.20 Å². The second-order valence-electron chi connectivity index (χ2n) is 6.36. The number of H-pyrrole nitrogens is 1. The fraction of sp³-hybridized carbons (Fsp3) is 0.263. The number of carbonyl (C=O) groups excluding carboxylic acids is 1. The molecule has 1 atom stereocenters. The predicted molar refractivity (Wildman–Crippen MR) is 99.9 cm³/mol. The molecule has 0 bridgehead atoms. The Kier molecular flexibility index (Phi) is 4.98. The van der Waals surface area contributed by atoms with E-state index in [1.807, 2.05) is 29.8 Å². The van der Waals surface area contributed by atoms with Gasteiger partial charge in [0.05, 0.1) is 22.8 Å². The summed E-state index contributed by atoms with van der Waals surface area (Å²) in [7, 11) is 0. The molecular formula is C19H19FN6O2. The molecule has 0 aliphatic heterocycles. The molecule has 9 heteroatoms. The SMILES string of the molecule is CC[C@@H](NC(=O)COCc1nc2ccc(F)cc2[nH]1)c1cn2cccnc2n1. The van der Waals surface area contributed by atoms with Crippen LogP contribution in [0.25, 0.3) is 16.8 Å². The standard InChI is InChI=1S/C19H19FN6O2/c1-2-13(16-9-26-7-3-6-21-19(26)25-16)24-18(27)11-28-10-17-22-14-5-4-12(20)8-15(14)23-17/h3-9,13H,2,10-11H2,1H3,(H,22,23)(H,24,27)/t13-/m1/s1. The van der Waals surface area contributed by atoms with Crippen molar-refractivity contribution in [3.05, 3.63) is 60.2 Å². The van der Waals surface area contributed by atoms with E-state index in [1.54, 1.807) is 12.3 Å². The van der Waals surface area contributed by atoms with Gasteiger partial charge < -0.3 is 15.0 Å². The highest BCUT2D eigenvalue weighted by atomic mass is 19.1. The molecule has 3 aromatic heterocycles. The van der Waals surface area contributed by atoms with Gasteiger partial charge >= 0.3 is 0 Å². The first-order valence-corrected chi connectivity index (χ1v) is 8.93. The summed E-state index contributed by atoms with van der Waals surface area (Å²) in [6, 6.07) is 5.90. The Hall–Kier alpha value is -3.33. The zero-order valence-electron chi connectivity index (χ0n) is 15.2. The van der Waals surface area contributed by atoms with Crippen LogP contribution >= 0.6 is 0 Å². The van der Waals surface area contributed by atoms with Gasteiger partial charge in [0.2, 0.25) is 11.7 Å². The van der Waals surface area contributed by atoms with Gasteiger partial charge in [0.1, 0.15) is 24.9 Å². The van der Waals surface area contributed by atoms with Crippen molar-refractivity contribution in [1.29, 1.82) is 0 Å². The Labute approximate surface area is 159 Å². The van der Waals surface area contributed by atoms with Gasteiger partial charge in [-0.1, -0.05) is 6.92 Å². The van der Waals surface area contributed by atoms with Gasteiger partial charge in [-0.05, 0) is 30.7 Å². The lowest BCUT2D eigenvalue weighted by molar-refractivity contribution is -0.127. The van der Waals surface area contributed by atoms with Crippen LogP contribution in [0.15, 0.2) is 42.9 Å². The van der Waals surface area contributed by atoms with Gasteiger partial charge in [-0.25, -0.2) is 19.3 Å². The molecule has 3 heterocycles. The summed E-state index contributed by atoms with van der Waals surface area (Å²) in [5, 5.41) is 2.92. The number of halogens is 1. The average molecular weight is 382 g/mol. The molecule has 4 aromatic rings. The smallest absolute Gasteiger partial charge is 0.246 e. The van der Waals surface area contributed by atoms with Crippen molar-refractivity contribution < 1.29 is 13.9 Å². The summed E-state index contributed by atoms with van der Waals surface area (Å²) >= 11 is 0. The first-order chi connectivity index (χ1) is 13.6. The summed E-state index contributed by atoms with van der Waals surface area (Å²) < 4.78 is 20.5. The number of hydrogen-bond donors (Lipinski definition) is 2. The molecule has 1 aromatic carbocycles. The highest BCUT2D eigenvalue weighted by Crippen LogP contribution is 2.16. The molecule has 0 aliphatic carbocycles. The fourth-order valence-corrected chi connectivity index (χ4v) is 2.98. The zero-order chi connectivity index (χ0) is 19.5. The second kappa shape index (κ2) is 7.73. The summed E-state index contributed by atoms with van der Waals surface area (Å²) in [5.41, 5.74) is 1.99. The van der Waals surface area contributed by atoms with Crippen LogP contribution in [0.3, 0.4) is 0 Å². The number of carbonyl (C=O) groups is 1. The number of hydrogen-bond acceptors (Lipinski definition) is 5. The Balaban J connectivity index is 1.33. The monoisotopic (exact) mass is 382 g/mol. The van der Waals surface area contributed by atoms with Crippen molar-refractivity contribution in [1.82, 2.24) is 29.7 Å². The molecule has 1 amide bonds. The largest absolute Gasteiger partial charge is 0.364 e. The summed E-state index contributed by atoms with van der Waals surface area (Å²) in [4.78, 5) is 28.1. The van der Waals surface area contributed by atoms with E-state index >= 15 is 0 Å². The molecule has 28 heavy (non-hydrogen) atoms. The minimum absolute atomic E-state index is 0.118. The molecule has 0 radical (unpaired) electrons. The molecule has 144 valence electrons. The van der Waals surface area contributed by atoms with Crippen LogP contribution in [-0.4, -0.2) is 36.9 Å². The van der Waals surface area contributed by atoms with Gasteiger partial charge in [0, 0.05) is 18.6 Å². The van der Waals surface area contributed by atoms with Crippen molar-refractivity contribution >= 4 is 22.7 Å². The first kappa shape index (κ1) is 18.1. The number of nitrogens with zero attached hydrogens (tertiary/aromatic N) is 4. The molecule has 0 saturated heterocycles. The summed E-state index contributed by atoms with van der Waals surface area (Å²) in [6.07, 6.45) is 6.07. The molecular weight excluding hydrogens is 363 g/mol. The van der Waals surface area contributed by atoms with E-state index < -0.39 is 0 Å². The number of nitrogens with one attached hydrogen (secondary N) is 2. The van der Waals surface area contributed by atoms with Crippen molar-refractivity contribution in [3.63, 3.8) is 0 Å². The minimum Gasteiger partial charge on any atom is -0.364 e. The number of benzene rings is 1. The lowest BCUT2D eigenvalue weighted by Gasteiger charge is -2.14. The van der Waals surface area contributed by atoms with Gasteiger partial charge in [-0.15, -0.1) is 0 Å². The Morgan fingerprint density at radius 2 is 2.29 bits per heavy atom. The van der Waals surface area contributed by atoms with Crippen LogP contribution in [0.4, 0.5) is 4.39 Å². The maximum Gasteiger partial charge on any atom is 0.246 e. The lowest BCUT2D eigenvalue weighted by atomic mass is 10.1. The molecule has 0 fully saturated rings. The maximum absolute atomic E-state index is 13.2. The predicted octanol–water partition coefficient (Wildman–Crippen LogP) is 2.53. The zero-order valence-corrected chi connectivity index (χ0v) is 15.2. The number of rotatable bonds is 7. The Morgan fingerprint density at radius 3 is 3.11 bits per heavy atom. The number of amides is 1. The molecule has 2 N–H and O–H groups in total. The van der Waals surface area contributed by atoms with E-state index in [1.165, 1.54) is 12.1 Å². The number of ether oxygens (including phenoxy) is 1. The second-order valence-corrected chi connectivity index (χ2v) is 6.36. The van der Waals surface area contributed by atoms with E-state index in [4.69, 9.17) is 4.74 Å². The molecule has 0 saturated carbocycles. The fourth-order valence-electron chi connectivity index (χ4n) is 2.98. The third-order valence-corrected chi connectivity index (χ3v) is 4.32. The van der Waals surface area contributed by atoms with Crippen LogP contribution < -0.4 is 5.32 Å². The topological polar surface area (TPSA) is 97.2 Å². The van der Waals surface area contributed by atoms with E-state index in [0.717, 1.165) is 5.69 Å². The molecule has 8 nitrogen and oxygen atoms in total. The maximum atomic E-state index is 13.2.